The summed E-state index contributed by atoms with van der Waals surface area (Å²) in [4.78, 5) is 16.0. The average molecular weight is 378 g/mol. The van der Waals surface area contributed by atoms with Gasteiger partial charge in [-0.3, -0.25) is 9.48 Å². The van der Waals surface area contributed by atoms with Crippen LogP contribution in [0, 0.1) is 22.7 Å². The van der Waals surface area contributed by atoms with Crippen molar-refractivity contribution in [3.8, 4) is 12.1 Å². The molecule has 2 aromatic rings. The minimum Gasteiger partial charge on any atom is -0.367 e. The number of nitrogens with one attached hydrogen (secondary N) is 1. The van der Waals surface area contributed by atoms with Gasteiger partial charge in [-0.15, -0.1) is 0 Å². The highest BCUT2D eigenvalue weighted by Gasteiger charge is 2.37. The Morgan fingerprint density at radius 1 is 1.33 bits per heavy atom. The van der Waals surface area contributed by atoms with Gasteiger partial charge in [0.25, 0.3) is 5.91 Å². The lowest BCUT2D eigenvalue weighted by Gasteiger charge is -2.26. The number of rotatable bonds is 5. The maximum Gasteiger partial charge on any atom is 0.419 e. The van der Waals surface area contributed by atoms with Crippen molar-refractivity contribution >= 4 is 11.6 Å². The highest BCUT2D eigenvalue weighted by atomic mass is 19.4. The minimum absolute atomic E-state index is 0.0904. The van der Waals surface area contributed by atoms with Crippen LogP contribution in [0.2, 0.25) is 0 Å². The van der Waals surface area contributed by atoms with Crippen molar-refractivity contribution in [1.82, 2.24) is 14.8 Å². The normalized spacial score (nSPS) is 13.3. The second-order valence-electron chi connectivity index (χ2n) is 5.66. The highest BCUT2D eigenvalue weighted by molar-refractivity contribution is 5.97. The van der Waals surface area contributed by atoms with Gasteiger partial charge in [0, 0.05) is 13.3 Å². The number of methoxy groups -OCH3 is 1. The van der Waals surface area contributed by atoms with Crippen LogP contribution < -0.4 is 5.32 Å². The fourth-order valence-electron chi connectivity index (χ4n) is 2.15. The van der Waals surface area contributed by atoms with E-state index in [1.54, 1.807) is 0 Å². The zero-order valence-electron chi connectivity index (χ0n) is 14.2. The fourth-order valence-corrected chi connectivity index (χ4v) is 2.15. The van der Waals surface area contributed by atoms with Crippen molar-refractivity contribution in [2.75, 3.05) is 12.4 Å². The molecule has 140 valence electrons. The number of nitriles is 2. The molecule has 0 spiro atoms. The number of ether oxygens (including phenoxy) is 1. The fraction of sp³-hybridized carbons (Fsp3) is 0.312. The number of alkyl halides is 3. The molecule has 1 atom stereocenters. The van der Waals surface area contributed by atoms with Crippen LogP contribution in [0.25, 0.3) is 0 Å². The molecule has 1 N–H and O–H groups in total. The van der Waals surface area contributed by atoms with Gasteiger partial charge in [0.1, 0.15) is 12.1 Å². The predicted octanol–water partition coefficient (Wildman–Crippen LogP) is 2.08. The van der Waals surface area contributed by atoms with E-state index < -0.39 is 28.9 Å². The van der Waals surface area contributed by atoms with Crippen molar-refractivity contribution in [1.29, 1.82) is 10.5 Å². The molecule has 27 heavy (non-hydrogen) atoms. The van der Waals surface area contributed by atoms with Crippen LogP contribution in [0.3, 0.4) is 0 Å². The van der Waals surface area contributed by atoms with Crippen LogP contribution in [0.5, 0.6) is 0 Å². The van der Waals surface area contributed by atoms with Crippen LogP contribution >= 0.6 is 0 Å². The summed E-state index contributed by atoms with van der Waals surface area (Å²) in [6.45, 7) is 1.32. The third-order valence-electron chi connectivity index (χ3n) is 3.71. The van der Waals surface area contributed by atoms with E-state index >= 15 is 0 Å². The molecule has 0 aliphatic rings. The van der Waals surface area contributed by atoms with Crippen molar-refractivity contribution in [3.05, 3.63) is 41.5 Å². The van der Waals surface area contributed by atoms with Gasteiger partial charge in [-0.05, 0) is 13.0 Å². The lowest BCUT2D eigenvalue weighted by molar-refractivity contribution is -0.139. The van der Waals surface area contributed by atoms with E-state index in [9.17, 15) is 18.0 Å². The molecule has 2 heterocycles. The first-order valence-corrected chi connectivity index (χ1v) is 7.39. The Hall–Kier alpha value is -3.44. The molecule has 0 saturated carbocycles. The summed E-state index contributed by atoms with van der Waals surface area (Å²) >= 11 is 0. The zero-order chi connectivity index (χ0) is 20.2. The van der Waals surface area contributed by atoms with Gasteiger partial charge in [-0.1, -0.05) is 0 Å². The smallest absolute Gasteiger partial charge is 0.367 e. The number of carbonyl (C=O) groups excluding carboxylic acids is 1. The lowest BCUT2D eigenvalue weighted by atomic mass is 10.1. The Morgan fingerprint density at radius 3 is 2.56 bits per heavy atom. The molecule has 0 radical (unpaired) electrons. The summed E-state index contributed by atoms with van der Waals surface area (Å²) in [7, 11) is 1.26. The van der Waals surface area contributed by atoms with Crippen molar-refractivity contribution in [3.63, 3.8) is 0 Å². The number of hydrogen-bond acceptors (Lipinski definition) is 6. The third-order valence-corrected chi connectivity index (χ3v) is 3.71. The molecular weight excluding hydrogens is 365 g/mol. The van der Waals surface area contributed by atoms with Gasteiger partial charge in [-0.2, -0.15) is 28.8 Å². The van der Waals surface area contributed by atoms with E-state index in [1.807, 2.05) is 6.07 Å². The van der Waals surface area contributed by atoms with Gasteiger partial charge in [0.2, 0.25) is 0 Å². The highest BCUT2D eigenvalue weighted by Crippen LogP contribution is 2.32. The zero-order valence-corrected chi connectivity index (χ0v) is 14.2. The monoisotopic (exact) mass is 378 g/mol. The van der Waals surface area contributed by atoms with Crippen molar-refractivity contribution < 1.29 is 22.7 Å². The molecule has 0 fully saturated rings. The van der Waals surface area contributed by atoms with Gasteiger partial charge in [0.15, 0.2) is 11.3 Å². The topological polar surface area (TPSA) is 117 Å². The van der Waals surface area contributed by atoms with Gasteiger partial charge in [-0.25, -0.2) is 4.98 Å². The molecular formula is C16H13F3N6O2. The Labute approximate surface area is 151 Å². The second kappa shape index (κ2) is 7.43. The summed E-state index contributed by atoms with van der Waals surface area (Å²) < 4.78 is 45.5. The molecule has 2 rings (SSSR count). The maximum absolute atomic E-state index is 13.0. The van der Waals surface area contributed by atoms with E-state index in [2.05, 4.69) is 15.4 Å². The molecule has 0 aliphatic heterocycles. The summed E-state index contributed by atoms with van der Waals surface area (Å²) in [5, 5.41) is 23.8. The van der Waals surface area contributed by atoms with E-state index in [4.69, 9.17) is 15.3 Å². The number of nitrogens with zero attached hydrogens (tertiary/aromatic N) is 5. The molecule has 0 aliphatic carbocycles. The Balaban J connectivity index is 2.26. The van der Waals surface area contributed by atoms with E-state index in [0.717, 1.165) is 6.20 Å². The maximum atomic E-state index is 13.0. The first-order chi connectivity index (χ1) is 12.6. The third kappa shape index (κ3) is 4.40. The number of amides is 1. The van der Waals surface area contributed by atoms with Gasteiger partial charge in [0.05, 0.1) is 35.8 Å². The average Bonchev–Trinajstić information content (AvgIpc) is 3.08. The number of aromatic nitrogens is 3. The Bertz CT molecular complexity index is 941. The van der Waals surface area contributed by atoms with Crippen molar-refractivity contribution in [2.24, 2.45) is 0 Å². The molecule has 2 aromatic heterocycles. The molecule has 0 unspecified atom stereocenters. The molecule has 0 bridgehead atoms. The van der Waals surface area contributed by atoms with Crippen molar-refractivity contribution in [2.45, 2.75) is 25.2 Å². The summed E-state index contributed by atoms with van der Waals surface area (Å²) in [6.07, 6.45) is -1.15. The largest absolute Gasteiger partial charge is 0.419 e. The second-order valence-corrected chi connectivity index (χ2v) is 5.66. The SMILES string of the molecule is CO[C@@](C)(Cn1cc(C#N)cn1)C(=O)Nc1cnc(C#N)c(C(F)(F)F)c1. The van der Waals surface area contributed by atoms with Crippen LogP contribution in [0.4, 0.5) is 18.9 Å². The molecule has 0 saturated heterocycles. The van der Waals surface area contributed by atoms with E-state index in [-0.39, 0.29) is 17.8 Å². The number of halogens is 3. The van der Waals surface area contributed by atoms with Gasteiger partial charge >= 0.3 is 6.18 Å². The van der Waals surface area contributed by atoms with Gasteiger partial charge < -0.3 is 10.1 Å². The Morgan fingerprint density at radius 2 is 2.04 bits per heavy atom. The lowest BCUT2D eigenvalue weighted by Crippen LogP contribution is -2.45. The molecule has 1 amide bonds. The first-order valence-electron chi connectivity index (χ1n) is 7.39. The van der Waals surface area contributed by atoms with E-state index in [1.165, 1.54) is 37.2 Å². The number of hydrogen-bond donors (Lipinski definition) is 1. The predicted molar refractivity (Wildman–Crippen MR) is 84.9 cm³/mol. The summed E-state index contributed by atoms with van der Waals surface area (Å²) in [6, 6.07) is 3.87. The van der Waals surface area contributed by atoms with Crippen LogP contribution in [-0.2, 0) is 22.3 Å². The number of anilines is 1. The van der Waals surface area contributed by atoms with Crippen LogP contribution in [0.15, 0.2) is 24.7 Å². The number of carbonyl (C=O) groups is 1. The summed E-state index contributed by atoms with van der Waals surface area (Å²) in [5.41, 5.74) is -3.51. The van der Waals surface area contributed by atoms with Crippen LogP contribution in [0.1, 0.15) is 23.7 Å². The molecule has 8 nitrogen and oxygen atoms in total. The Kier molecular flexibility index (Phi) is 5.47. The van der Waals surface area contributed by atoms with E-state index in [0.29, 0.717) is 6.07 Å². The summed E-state index contributed by atoms with van der Waals surface area (Å²) in [5.74, 6) is -0.751. The quantitative estimate of drug-likeness (QED) is 0.851. The molecule has 11 heteroatoms. The van der Waals surface area contributed by atoms with Crippen LogP contribution in [-0.4, -0.2) is 33.4 Å². The molecule has 0 aromatic carbocycles. The first kappa shape index (κ1) is 19.9. The number of pyridine rings is 1. The minimum atomic E-state index is -4.80. The standard InChI is InChI=1S/C16H13F3N6O2/c1-15(27-2,9-25-8-10(4-20)6-23-25)14(26)24-11-3-12(16(17,18)19)13(5-21)22-7-11/h3,6-8H,9H2,1-2H3,(H,24,26)/t15-/m0/s1.